The lowest BCUT2D eigenvalue weighted by Gasteiger charge is -2.24. The lowest BCUT2D eigenvalue weighted by Crippen LogP contribution is -2.34. The van der Waals surface area contributed by atoms with Crippen molar-refractivity contribution in [1.82, 2.24) is 25.2 Å². The highest BCUT2D eigenvalue weighted by molar-refractivity contribution is 4.94. The zero-order valence-corrected chi connectivity index (χ0v) is 12.0. The fourth-order valence-electron chi connectivity index (χ4n) is 2.02. The lowest BCUT2D eigenvalue weighted by molar-refractivity contribution is 0.232. The van der Waals surface area contributed by atoms with Gasteiger partial charge >= 0.3 is 0 Å². The molecule has 5 nitrogen and oxygen atoms in total. The fraction of sp³-hybridized carbons (Fsp3) is 0.714. The molecule has 1 saturated carbocycles. The van der Waals surface area contributed by atoms with Gasteiger partial charge in [0.25, 0.3) is 0 Å². The van der Waals surface area contributed by atoms with Crippen molar-refractivity contribution in [2.24, 2.45) is 0 Å². The zero-order valence-electron chi connectivity index (χ0n) is 12.0. The minimum absolute atomic E-state index is 0.525. The molecule has 0 bridgehead atoms. The van der Waals surface area contributed by atoms with Crippen molar-refractivity contribution < 1.29 is 0 Å². The number of nitrogens with zero attached hydrogens (tertiary/aromatic N) is 4. The van der Waals surface area contributed by atoms with Gasteiger partial charge in [0.1, 0.15) is 0 Å². The van der Waals surface area contributed by atoms with Crippen molar-refractivity contribution >= 4 is 0 Å². The summed E-state index contributed by atoms with van der Waals surface area (Å²) in [4.78, 5) is 2.37. The van der Waals surface area contributed by atoms with E-state index in [1.165, 1.54) is 12.8 Å². The van der Waals surface area contributed by atoms with E-state index in [1.807, 2.05) is 17.0 Å². The molecule has 1 heterocycles. The predicted molar refractivity (Wildman–Crippen MR) is 76.8 cm³/mol. The van der Waals surface area contributed by atoms with Gasteiger partial charge in [0.2, 0.25) is 0 Å². The lowest BCUT2D eigenvalue weighted by atomic mass is 10.3. The van der Waals surface area contributed by atoms with Gasteiger partial charge in [0, 0.05) is 37.9 Å². The van der Waals surface area contributed by atoms with Crippen LogP contribution in [-0.4, -0.2) is 45.1 Å². The molecule has 0 aromatic carbocycles. The first-order valence-electron chi connectivity index (χ1n) is 7.16. The molecular formula is C14H25N5. The van der Waals surface area contributed by atoms with E-state index in [0.29, 0.717) is 12.1 Å². The van der Waals surface area contributed by atoms with E-state index in [2.05, 4.69) is 41.0 Å². The summed E-state index contributed by atoms with van der Waals surface area (Å²) in [6, 6.07) is 1.24. The number of hydrogen-bond acceptors (Lipinski definition) is 4. The van der Waals surface area contributed by atoms with Crippen molar-refractivity contribution in [2.45, 2.75) is 51.9 Å². The minimum atomic E-state index is 0.525. The van der Waals surface area contributed by atoms with Crippen molar-refractivity contribution in [2.75, 3.05) is 13.1 Å². The largest absolute Gasteiger partial charge is 0.308 e. The Morgan fingerprint density at radius 2 is 2.37 bits per heavy atom. The van der Waals surface area contributed by atoms with Crippen LogP contribution in [0.2, 0.25) is 0 Å². The highest BCUT2D eigenvalue weighted by Crippen LogP contribution is 2.18. The minimum Gasteiger partial charge on any atom is -0.308 e. The third-order valence-electron chi connectivity index (χ3n) is 3.45. The molecule has 1 aromatic rings. The summed E-state index contributed by atoms with van der Waals surface area (Å²) < 4.78 is 1.93. The van der Waals surface area contributed by atoms with Crippen LogP contribution in [0.5, 0.6) is 0 Å². The second kappa shape index (κ2) is 6.82. The Kier molecular flexibility index (Phi) is 5.10. The Bertz CT molecular complexity index is 394. The SMILES string of the molecule is C=CCN(CCn1cc(CNC2CC2)nn1)C(C)C. The average Bonchev–Trinajstić information content (AvgIpc) is 3.11. The summed E-state index contributed by atoms with van der Waals surface area (Å²) in [6.45, 7) is 11.8. The summed E-state index contributed by atoms with van der Waals surface area (Å²) >= 11 is 0. The summed E-state index contributed by atoms with van der Waals surface area (Å²) in [5.74, 6) is 0. The molecule has 1 fully saturated rings. The molecule has 0 saturated heterocycles. The molecule has 0 amide bonds. The Hall–Kier alpha value is -1.20. The second-order valence-corrected chi connectivity index (χ2v) is 5.51. The van der Waals surface area contributed by atoms with Crippen molar-refractivity contribution in [3.63, 3.8) is 0 Å². The molecular weight excluding hydrogens is 238 g/mol. The van der Waals surface area contributed by atoms with E-state index in [9.17, 15) is 0 Å². The smallest absolute Gasteiger partial charge is 0.0964 e. The fourth-order valence-corrected chi connectivity index (χ4v) is 2.02. The third-order valence-corrected chi connectivity index (χ3v) is 3.45. The normalized spacial score (nSPS) is 15.4. The van der Waals surface area contributed by atoms with E-state index in [4.69, 9.17) is 0 Å². The molecule has 1 aliphatic rings. The van der Waals surface area contributed by atoms with Gasteiger partial charge in [-0.2, -0.15) is 0 Å². The molecule has 2 rings (SSSR count). The summed E-state index contributed by atoms with van der Waals surface area (Å²) in [5.41, 5.74) is 1.03. The van der Waals surface area contributed by atoms with Crippen molar-refractivity contribution in [3.05, 3.63) is 24.5 Å². The van der Waals surface area contributed by atoms with Gasteiger partial charge in [0.15, 0.2) is 0 Å². The Balaban J connectivity index is 1.76. The Morgan fingerprint density at radius 3 is 3.00 bits per heavy atom. The first-order valence-corrected chi connectivity index (χ1v) is 7.16. The van der Waals surface area contributed by atoms with Crippen LogP contribution in [0.3, 0.4) is 0 Å². The van der Waals surface area contributed by atoms with Gasteiger partial charge in [-0.05, 0) is 26.7 Å². The first kappa shape index (κ1) is 14.2. The van der Waals surface area contributed by atoms with Crippen LogP contribution < -0.4 is 5.32 Å². The van der Waals surface area contributed by atoms with Gasteiger partial charge in [-0.3, -0.25) is 9.58 Å². The predicted octanol–water partition coefficient (Wildman–Crippen LogP) is 1.43. The van der Waals surface area contributed by atoms with Gasteiger partial charge in [-0.1, -0.05) is 11.3 Å². The van der Waals surface area contributed by atoms with Crippen LogP contribution in [0.4, 0.5) is 0 Å². The topological polar surface area (TPSA) is 46.0 Å². The molecule has 0 atom stereocenters. The molecule has 106 valence electrons. The van der Waals surface area contributed by atoms with Crippen LogP contribution in [0, 0.1) is 0 Å². The van der Waals surface area contributed by atoms with Gasteiger partial charge in [-0.15, -0.1) is 11.7 Å². The first-order chi connectivity index (χ1) is 9.19. The molecule has 0 spiro atoms. The van der Waals surface area contributed by atoms with Gasteiger partial charge < -0.3 is 5.32 Å². The van der Waals surface area contributed by atoms with E-state index in [1.54, 1.807) is 0 Å². The number of hydrogen-bond donors (Lipinski definition) is 1. The van der Waals surface area contributed by atoms with Crippen LogP contribution >= 0.6 is 0 Å². The maximum absolute atomic E-state index is 4.20. The number of aromatic nitrogens is 3. The standard InChI is InChI=1S/C14H25N5/c1-4-7-18(12(2)3)8-9-19-11-14(16-17-19)10-15-13-5-6-13/h4,11-13,15H,1,5-10H2,2-3H3. The Labute approximate surface area is 115 Å². The summed E-state index contributed by atoms with van der Waals surface area (Å²) in [7, 11) is 0. The van der Waals surface area contributed by atoms with E-state index in [0.717, 1.165) is 31.9 Å². The van der Waals surface area contributed by atoms with E-state index in [-0.39, 0.29) is 0 Å². The number of rotatable bonds is 9. The van der Waals surface area contributed by atoms with Crippen LogP contribution in [0.25, 0.3) is 0 Å². The Morgan fingerprint density at radius 1 is 1.58 bits per heavy atom. The highest BCUT2D eigenvalue weighted by Gasteiger charge is 2.20. The second-order valence-electron chi connectivity index (χ2n) is 5.51. The van der Waals surface area contributed by atoms with Crippen LogP contribution in [0.1, 0.15) is 32.4 Å². The molecule has 5 heteroatoms. The van der Waals surface area contributed by atoms with Gasteiger partial charge in [-0.25, -0.2) is 0 Å². The molecule has 0 radical (unpaired) electrons. The van der Waals surface area contributed by atoms with Crippen LogP contribution in [0.15, 0.2) is 18.9 Å². The highest BCUT2D eigenvalue weighted by atomic mass is 15.4. The van der Waals surface area contributed by atoms with E-state index < -0.39 is 0 Å². The molecule has 0 unspecified atom stereocenters. The molecule has 1 N–H and O–H groups in total. The molecule has 19 heavy (non-hydrogen) atoms. The third kappa shape index (κ3) is 4.76. The van der Waals surface area contributed by atoms with Crippen molar-refractivity contribution in [3.8, 4) is 0 Å². The summed E-state index contributed by atoms with van der Waals surface area (Å²) in [6.07, 6.45) is 6.60. The summed E-state index contributed by atoms with van der Waals surface area (Å²) in [5, 5.41) is 11.8. The average molecular weight is 263 g/mol. The maximum Gasteiger partial charge on any atom is 0.0964 e. The molecule has 0 aliphatic heterocycles. The molecule has 1 aliphatic carbocycles. The van der Waals surface area contributed by atoms with E-state index >= 15 is 0 Å². The van der Waals surface area contributed by atoms with Gasteiger partial charge in [0.05, 0.1) is 12.2 Å². The quantitative estimate of drug-likeness (QED) is 0.685. The van der Waals surface area contributed by atoms with Crippen LogP contribution in [-0.2, 0) is 13.1 Å². The number of nitrogens with one attached hydrogen (secondary N) is 1. The maximum atomic E-state index is 4.20. The monoisotopic (exact) mass is 263 g/mol. The zero-order chi connectivity index (χ0) is 13.7. The van der Waals surface area contributed by atoms with Crippen molar-refractivity contribution in [1.29, 1.82) is 0 Å². The molecule has 1 aromatic heterocycles.